The van der Waals surface area contributed by atoms with Gasteiger partial charge in [-0.25, -0.2) is 21.7 Å². The van der Waals surface area contributed by atoms with E-state index in [-0.39, 0.29) is 16.0 Å². The molecule has 0 spiro atoms. The minimum atomic E-state index is 0. The Kier molecular flexibility index (Phi) is 9.62. The number of aromatic nitrogens is 4. The molecule has 15 heteroatoms. The fraction of sp³-hybridized carbons (Fsp3) is 0.200. The van der Waals surface area contributed by atoms with Crippen molar-refractivity contribution in [2.75, 3.05) is 39.3 Å². The average molecular weight is 527 g/mol. The van der Waals surface area contributed by atoms with Crippen molar-refractivity contribution >= 4 is 56.6 Å². The highest BCUT2D eigenvalue weighted by Gasteiger charge is 2.13. The lowest BCUT2D eigenvalue weighted by Crippen LogP contribution is -2.09. The number of nitrogens with zero attached hydrogens (tertiary/aromatic N) is 4. The first-order valence-electron chi connectivity index (χ1n) is 9.50. The van der Waals surface area contributed by atoms with Gasteiger partial charge < -0.3 is 35.3 Å². The highest BCUT2D eigenvalue weighted by Crippen LogP contribution is 2.35. The van der Waals surface area contributed by atoms with Crippen molar-refractivity contribution in [2.24, 2.45) is 11.7 Å². The molecular formula is C20H24Cl2N8O5. The first-order chi connectivity index (χ1) is 16.4. The molecule has 4 aromatic rings. The van der Waals surface area contributed by atoms with Gasteiger partial charge in [-0.05, 0) is 35.3 Å². The summed E-state index contributed by atoms with van der Waals surface area (Å²) in [7, 11) is 6.20. The summed E-state index contributed by atoms with van der Waals surface area (Å²) in [5.41, 5.74) is 6.18. The van der Waals surface area contributed by atoms with Crippen LogP contribution in [0.15, 0.2) is 24.3 Å². The summed E-state index contributed by atoms with van der Waals surface area (Å²) in [5, 5.41) is 1.62. The van der Waals surface area contributed by atoms with Crippen molar-refractivity contribution < 1.29 is 24.4 Å². The first kappa shape index (κ1) is 27.6. The molecule has 2 aromatic heterocycles. The summed E-state index contributed by atoms with van der Waals surface area (Å²) in [5.74, 6) is 13.9. The number of hydrogen-bond acceptors (Lipinski definition) is 12. The number of halogens is 2. The number of methoxy groups -OCH3 is 4. The maximum Gasteiger partial charge on any atom is 0.224 e. The summed E-state index contributed by atoms with van der Waals surface area (Å²) in [4.78, 5) is 16.1. The predicted molar refractivity (Wildman–Crippen MR) is 135 cm³/mol. The molecule has 4 rings (SSSR count). The molecule has 0 saturated heterocycles. The molecule has 188 valence electrons. The lowest BCUT2D eigenvalue weighted by atomic mass is 10.2. The zero-order valence-electron chi connectivity index (χ0n) is 19.1. The molecule has 0 saturated carbocycles. The average Bonchev–Trinajstić information content (AvgIpc) is 2.86. The summed E-state index contributed by atoms with van der Waals surface area (Å²) in [6, 6.07) is 6.89. The van der Waals surface area contributed by atoms with Crippen LogP contribution in [0.3, 0.4) is 0 Å². The van der Waals surface area contributed by atoms with Crippen molar-refractivity contribution in [2.45, 2.75) is 0 Å². The summed E-state index contributed by atoms with van der Waals surface area (Å²) in [6.07, 6.45) is 0. The van der Waals surface area contributed by atoms with Crippen molar-refractivity contribution in [1.82, 2.24) is 19.9 Å². The zero-order chi connectivity index (χ0) is 24.8. The largest absolute Gasteiger partial charge is 0.493 e. The second-order valence-corrected chi connectivity index (χ2v) is 7.10. The van der Waals surface area contributed by atoms with E-state index in [4.69, 9.17) is 53.8 Å². The standard InChI is InChI=1S/2C10H11ClN4O2.H2O/c2*1-16-7-3-5-6(4-8(7)17-2)13-10(11)14-9(5)15-12;/h2*3-4H,12H2,1-2H3,(H,13,14,15);1H2. The maximum absolute atomic E-state index is 5.78. The summed E-state index contributed by atoms with van der Waals surface area (Å²) in [6.45, 7) is 0. The van der Waals surface area contributed by atoms with E-state index in [1.54, 1.807) is 52.7 Å². The quantitative estimate of drug-likeness (QED) is 0.163. The molecule has 2 aromatic carbocycles. The Balaban J connectivity index is 0.000000240. The number of ether oxygens (including phenoxy) is 4. The van der Waals surface area contributed by atoms with Gasteiger partial charge in [-0.3, -0.25) is 0 Å². The highest BCUT2D eigenvalue weighted by atomic mass is 35.5. The van der Waals surface area contributed by atoms with Crippen LogP contribution in [0.4, 0.5) is 11.6 Å². The van der Waals surface area contributed by atoms with Crippen molar-refractivity contribution in [3.63, 3.8) is 0 Å². The van der Waals surface area contributed by atoms with E-state index in [2.05, 4.69) is 30.8 Å². The number of nitrogens with two attached hydrogens (primary N) is 2. The molecule has 0 aliphatic rings. The van der Waals surface area contributed by atoms with Crippen LogP contribution in [0.5, 0.6) is 23.0 Å². The normalized spacial score (nSPS) is 10.1. The van der Waals surface area contributed by atoms with Crippen LogP contribution in [0.1, 0.15) is 0 Å². The molecule has 35 heavy (non-hydrogen) atoms. The van der Waals surface area contributed by atoms with Crippen molar-refractivity contribution in [3.8, 4) is 23.0 Å². The Morgan fingerprint density at radius 2 is 0.914 bits per heavy atom. The number of benzene rings is 2. The third-order valence-corrected chi connectivity index (χ3v) is 4.96. The first-order valence-corrected chi connectivity index (χ1v) is 10.3. The zero-order valence-corrected chi connectivity index (χ0v) is 20.7. The SMILES string of the molecule is COc1cc2nc(Cl)nc(NN)c2cc1OC.COc1cc2nc(Cl)nc(NN)c2cc1OC.O. The Morgan fingerprint density at radius 3 is 1.20 bits per heavy atom. The fourth-order valence-corrected chi connectivity index (χ4v) is 3.43. The molecule has 0 bridgehead atoms. The van der Waals surface area contributed by atoms with E-state index in [9.17, 15) is 0 Å². The van der Waals surface area contributed by atoms with Gasteiger partial charge in [-0.15, -0.1) is 0 Å². The van der Waals surface area contributed by atoms with Crippen LogP contribution in [0, 0.1) is 0 Å². The van der Waals surface area contributed by atoms with Gasteiger partial charge >= 0.3 is 0 Å². The van der Waals surface area contributed by atoms with E-state index < -0.39 is 0 Å². The molecule has 0 fully saturated rings. The van der Waals surface area contributed by atoms with E-state index in [0.29, 0.717) is 56.4 Å². The minimum absolute atomic E-state index is 0. The number of rotatable bonds is 6. The number of anilines is 2. The molecule has 0 aliphatic heterocycles. The van der Waals surface area contributed by atoms with Gasteiger partial charge in [0.25, 0.3) is 0 Å². The Labute approximate surface area is 209 Å². The molecule has 0 aliphatic carbocycles. The lowest BCUT2D eigenvalue weighted by Gasteiger charge is -2.10. The number of hydrogen-bond donors (Lipinski definition) is 4. The van der Waals surface area contributed by atoms with Gasteiger partial charge in [0.15, 0.2) is 34.6 Å². The summed E-state index contributed by atoms with van der Waals surface area (Å²) >= 11 is 11.6. The third kappa shape index (κ3) is 5.90. The smallest absolute Gasteiger partial charge is 0.224 e. The van der Waals surface area contributed by atoms with Crippen LogP contribution in [0.25, 0.3) is 21.8 Å². The Hall–Kier alpha value is -3.62. The molecule has 8 N–H and O–H groups in total. The van der Waals surface area contributed by atoms with Gasteiger partial charge in [0.2, 0.25) is 10.6 Å². The molecule has 0 unspecified atom stereocenters. The van der Waals surface area contributed by atoms with Gasteiger partial charge in [-0.1, -0.05) is 0 Å². The molecule has 13 nitrogen and oxygen atoms in total. The Bertz CT molecular complexity index is 1230. The molecule has 2 heterocycles. The second kappa shape index (κ2) is 12.2. The van der Waals surface area contributed by atoms with Crippen LogP contribution in [-0.4, -0.2) is 53.9 Å². The monoisotopic (exact) mass is 526 g/mol. The number of nitrogens with one attached hydrogen (secondary N) is 2. The lowest BCUT2D eigenvalue weighted by molar-refractivity contribution is 0.356. The van der Waals surface area contributed by atoms with Crippen LogP contribution < -0.4 is 41.5 Å². The topological polar surface area (TPSA) is 196 Å². The minimum Gasteiger partial charge on any atom is -0.493 e. The number of nitrogen functional groups attached to an aromatic ring is 2. The highest BCUT2D eigenvalue weighted by molar-refractivity contribution is 6.29. The predicted octanol–water partition coefficient (Wildman–Crippen LogP) is 2.35. The van der Waals surface area contributed by atoms with Crippen LogP contribution >= 0.6 is 23.2 Å². The Morgan fingerprint density at radius 1 is 0.600 bits per heavy atom. The van der Waals surface area contributed by atoms with Crippen LogP contribution in [0.2, 0.25) is 10.6 Å². The fourth-order valence-electron chi connectivity index (χ4n) is 3.07. The summed E-state index contributed by atoms with van der Waals surface area (Å²) < 4.78 is 20.7. The van der Waals surface area contributed by atoms with Crippen LogP contribution in [-0.2, 0) is 0 Å². The van der Waals surface area contributed by atoms with Gasteiger partial charge in [0, 0.05) is 22.9 Å². The molecular weight excluding hydrogens is 503 g/mol. The van der Waals surface area contributed by atoms with Gasteiger partial charge in [0.1, 0.15) is 0 Å². The maximum atomic E-state index is 5.78. The van der Waals surface area contributed by atoms with E-state index >= 15 is 0 Å². The van der Waals surface area contributed by atoms with Crippen molar-refractivity contribution in [1.29, 1.82) is 0 Å². The third-order valence-electron chi connectivity index (χ3n) is 4.62. The van der Waals surface area contributed by atoms with Gasteiger partial charge in [-0.2, -0.15) is 9.97 Å². The number of fused-ring (bicyclic) bond motifs is 2. The van der Waals surface area contributed by atoms with E-state index in [1.807, 2.05) is 0 Å². The second-order valence-electron chi connectivity index (χ2n) is 6.42. The number of hydrazine groups is 2. The molecule has 0 amide bonds. The van der Waals surface area contributed by atoms with E-state index in [1.165, 1.54) is 0 Å². The van der Waals surface area contributed by atoms with Gasteiger partial charge in [0.05, 0.1) is 39.5 Å². The molecule has 0 atom stereocenters. The molecule has 0 radical (unpaired) electrons. The van der Waals surface area contributed by atoms with Crippen molar-refractivity contribution in [3.05, 3.63) is 34.8 Å². The van der Waals surface area contributed by atoms with E-state index in [0.717, 1.165) is 0 Å².